The number of hydrogen-bond donors (Lipinski definition) is 0. The van der Waals surface area contributed by atoms with Gasteiger partial charge in [0, 0.05) is 0 Å². The molecule has 0 aliphatic carbocycles. The number of furan rings is 1. The lowest BCUT2D eigenvalue weighted by atomic mass is 10.4. The molecule has 72 valence electrons. The van der Waals surface area contributed by atoms with Crippen molar-refractivity contribution in [3.05, 3.63) is 24.2 Å². The predicted octanol–water partition coefficient (Wildman–Crippen LogP) is 1.36. The minimum Gasteiger partial charge on any atom is -0.469 e. The second-order valence-corrected chi connectivity index (χ2v) is 2.46. The summed E-state index contributed by atoms with van der Waals surface area (Å²) in [5, 5.41) is 0. The van der Waals surface area contributed by atoms with Crippen molar-refractivity contribution in [1.82, 2.24) is 0 Å². The van der Waals surface area contributed by atoms with Gasteiger partial charge < -0.3 is 13.9 Å². The van der Waals surface area contributed by atoms with E-state index in [0.29, 0.717) is 13.2 Å². The first-order valence-electron chi connectivity index (χ1n) is 4.00. The van der Waals surface area contributed by atoms with Gasteiger partial charge in [-0.2, -0.15) is 0 Å². The Morgan fingerprint density at radius 2 is 2.46 bits per heavy atom. The van der Waals surface area contributed by atoms with Crippen molar-refractivity contribution in [2.75, 3.05) is 13.7 Å². The Kier molecular flexibility index (Phi) is 4.05. The van der Waals surface area contributed by atoms with Crippen LogP contribution >= 0.6 is 0 Å². The van der Waals surface area contributed by atoms with Gasteiger partial charge >= 0.3 is 5.97 Å². The summed E-state index contributed by atoms with van der Waals surface area (Å²) < 4.78 is 14.6. The van der Waals surface area contributed by atoms with Crippen molar-refractivity contribution in [3.63, 3.8) is 0 Å². The van der Waals surface area contributed by atoms with E-state index in [1.165, 1.54) is 7.11 Å². The van der Waals surface area contributed by atoms with Crippen molar-refractivity contribution in [2.24, 2.45) is 0 Å². The fourth-order valence-electron chi connectivity index (χ4n) is 0.825. The third-order valence-electron chi connectivity index (χ3n) is 1.50. The van der Waals surface area contributed by atoms with Crippen LogP contribution < -0.4 is 0 Å². The number of esters is 1. The molecule has 4 nitrogen and oxygen atoms in total. The largest absolute Gasteiger partial charge is 0.469 e. The molecule has 0 bridgehead atoms. The van der Waals surface area contributed by atoms with Crippen LogP contribution in [0.5, 0.6) is 0 Å². The van der Waals surface area contributed by atoms with Crippen molar-refractivity contribution in [2.45, 2.75) is 13.0 Å². The van der Waals surface area contributed by atoms with Gasteiger partial charge in [-0.3, -0.25) is 4.79 Å². The highest BCUT2D eigenvalue weighted by Gasteiger charge is 2.00. The Balaban J connectivity index is 2.05. The zero-order chi connectivity index (χ0) is 9.52. The second-order valence-electron chi connectivity index (χ2n) is 2.46. The highest BCUT2D eigenvalue weighted by Crippen LogP contribution is 2.01. The molecule has 0 amide bonds. The first kappa shape index (κ1) is 9.80. The summed E-state index contributed by atoms with van der Waals surface area (Å²) in [7, 11) is 1.36. The van der Waals surface area contributed by atoms with Crippen LogP contribution in [0.25, 0.3) is 0 Å². The van der Waals surface area contributed by atoms with Crippen LogP contribution in [0.1, 0.15) is 12.2 Å². The molecule has 0 aromatic carbocycles. The van der Waals surface area contributed by atoms with Gasteiger partial charge in [0.2, 0.25) is 0 Å². The summed E-state index contributed by atoms with van der Waals surface area (Å²) in [5.41, 5.74) is 0. The van der Waals surface area contributed by atoms with Crippen LogP contribution in [-0.2, 0) is 20.9 Å². The van der Waals surface area contributed by atoms with E-state index < -0.39 is 0 Å². The number of rotatable bonds is 5. The molecule has 1 rings (SSSR count). The van der Waals surface area contributed by atoms with E-state index in [9.17, 15) is 4.79 Å². The summed E-state index contributed by atoms with van der Waals surface area (Å²) in [6.07, 6.45) is 1.86. The molecule has 0 N–H and O–H groups in total. The van der Waals surface area contributed by atoms with E-state index in [1.807, 2.05) is 6.07 Å². The fraction of sp³-hybridized carbons (Fsp3) is 0.444. The predicted molar refractivity (Wildman–Crippen MR) is 45.0 cm³/mol. The van der Waals surface area contributed by atoms with Gasteiger partial charge in [-0.15, -0.1) is 0 Å². The molecule has 0 aliphatic rings. The van der Waals surface area contributed by atoms with Crippen LogP contribution in [0.2, 0.25) is 0 Å². The molecule has 0 saturated carbocycles. The maximum atomic E-state index is 10.6. The van der Waals surface area contributed by atoms with Gasteiger partial charge in [0.05, 0.1) is 26.4 Å². The number of carbonyl (C=O) groups excluding carboxylic acids is 1. The van der Waals surface area contributed by atoms with Crippen molar-refractivity contribution < 1.29 is 18.7 Å². The van der Waals surface area contributed by atoms with E-state index in [2.05, 4.69) is 4.74 Å². The second kappa shape index (κ2) is 5.37. The highest BCUT2D eigenvalue weighted by atomic mass is 16.5. The van der Waals surface area contributed by atoms with Gasteiger partial charge in [-0.1, -0.05) is 0 Å². The summed E-state index contributed by atoms with van der Waals surface area (Å²) in [6, 6.07) is 3.61. The van der Waals surface area contributed by atoms with E-state index in [4.69, 9.17) is 9.15 Å². The lowest BCUT2D eigenvalue weighted by molar-refractivity contribution is -0.141. The van der Waals surface area contributed by atoms with Crippen molar-refractivity contribution in [3.8, 4) is 0 Å². The van der Waals surface area contributed by atoms with Crippen LogP contribution in [0, 0.1) is 0 Å². The SMILES string of the molecule is COC(=O)CCOCc1ccco1. The molecule has 1 aromatic heterocycles. The average molecular weight is 184 g/mol. The third kappa shape index (κ3) is 3.75. The smallest absolute Gasteiger partial charge is 0.307 e. The molecule has 0 fully saturated rings. The van der Waals surface area contributed by atoms with Gasteiger partial charge in [0.1, 0.15) is 12.4 Å². The Hall–Kier alpha value is -1.29. The van der Waals surface area contributed by atoms with Gasteiger partial charge in [-0.05, 0) is 12.1 Å². The molecule has 4 heteroatoms. The fourth-order valence-corrected chi connectivity index (χ4v) is 0.825. The Morgan fingerprint density at radius 1 is 1.62 bits per heavy atom. The maximum absolute atomic E-state index is 10.6. The minimum absolute atomic E-state index is 0.264. The molecular formula is C9H12O4. The molecule has 0 aliphatic heterocycles. The lowest BCUT2D eigenvalue weighted by Gasteiger charge is -2.00. The van der Waals surface area contributed by atoms with Gasteiger partial charge in [-0.25, -0.2) is 0 Å². The summed E-state index contributed by atoms with van der Waals surface area (Å²) in [5.74, 6) is 0.490. The quantitative estimate of drug-likeness (QED) is 0.512. The molecule has 0 unspecified atom stereocenters. The number of methoxy groups -OCH3 is 1. The Morgan fingerprint density at radius 3 is 3.08 bits per heavy atom. The monoisotopic (exact) mass is 184 g/mol. The summed E-state index contributed by atoms with van der Waals surface area (Å²) >= 11 is 0. The number of hydrogen-bond acceptors (Lipinski definition) is 4. The zero-order valence-corrected chi connectivity index (χ0v) is 7.49. The van der Waals surface area contributed by atoms with Crippen LogP contribution in [0.4, 0.5) is 0 Å². The molecule has 0 saturated heterocycles. The number of ether oxygens (including phenoxy) is 2. The molecule has 0 radical (unpaired) electrons. The lowest BCUT2D eigenvalue weighted by Crippen LogP contribution is -2.05. The molecule has 0 atom stereocenters. The van der Waals surface area contributed by atoms with Gasteiger partial charge in [0.25, 0.3) is 0 Å². The maximum Gasteiger partial charge on any atom is 0.307 e. The van der Waals surface area contributed by atoms with Crippen molar-refractivity contribution in [1.29, 1.82) is 0 Å². The van der Waals surface area contributed by atoms with E-state index in [1.54, 1.807) is 12.3 Å². The normalized spacial score (nSPS) is 9.92. The topological polar surface area (TPSA) is 48.7 Å². The molecule has 1 heterocycles. The standard InChI is InChI=1S/C9H12O4/c1-11-9(10)4-6-12-7-8-3-2-5-13-8/h2-3,5H,4,6-7H2,1H3. The first-order chi connectivity index (χ1) is 6.33. The number of carbonyl (C=O) groups is 1. The van der Waals surface area contributed by atoms with Crippen molar-refractivity contribution >= 4 is 5.97 Å². The van der Waals surface area contributed by atoms with E-state index in [0.717, 1.165) is 5.76 Å². The van der Waals surface area contributed by atoms with Crippen LogP contribution in [0.3, 0.4) is 0 Å². The Labute approximate surface area is 76.4 Å². The first-order valence-corrected chi connectivity index (χ1v) is 4.00. The van der Waals surface area contributed by atoms with Crippen LogP contribution in [0.15, 0.2) is 22.8 Å². The zero-order valence-electron chi connectivity index (χ0n) is 7.49. The third-order valence-corrected chi connectivity index (χ3v) is 1.50. The minimum atomic E-state index is -0.264. The molecule has 0 spiro atoms. The van der Waals surface area contributed by atoms with E-state index >= 15 is 0 Å². The Bertz CT molecular complexity index is 240. The molecular weight excluding hydrogens is 172 g/mol. The summed E-state index contributed by atoms with van der Waals surface area (Å²) in [6.45, 7) is 0.747. The van der Waals surface area contributed by atoms with E-state index in [-0.39, 0.29) is 12.4 Å². The highest BCUT2D eigenvalue weighted by molar-refractivity contribution is 5.69. The average Bonchev–Trinajstić information content (AvgIpc) is 2.64. The van der Waals surface area contributed by atoms with Gasteiger partial charge in [0.15, 0.2) is 0 Å². The molecule has 1 aromatic rings. The summed E-state index contributed by atoms with van der Waals surface area (Å²) in [4.78, 5) is 10.6. The van der Waals surface area contributed by atoms with Crippen LogP contribution in [-0.4, -0.2) is 19.7 Å². The molecule has 13 heavy (non-hydrogen) atoms.